The lowest BCUT2D eigenvalue weighted by Gasteiger charge is -2.20. The Labute approximate surface area is 297 Å². The maximum absolute atomic E-state index is 12.0. The summed E-state index contributed by atoms with van der Waals surface area (Å²) in [7, 11) is 0. The second-order valence-corrected chi connectivity index (χ2v) is 15.4. The van der Waals surface area contributed by atoms with E-state index >= 15 is 0 Å². The maximum Gasteiger partial charge on any atom is 0.278 e. The van der Waals surface area contributed by atoms with Crippen LogP contribution in [0.1, 0.15) is 258 Å². The molecule has 0 aromatic rings. The molecule has 0 aliphatic heterocycles. The zero-order chi connectivity index (χ0) is 33.4. The van der Waals surface area contributed by atoms with Gasteiger partial charge in [0.2, 0.25) is 0 Å². The number of rotatable bonds is 40. The van der Waals surface area contributed by atoms with Crippen LogP contribution in [0.25, 0.3) is 0 Å². The van der Waals surface area contributed by atoms with Crippen LogP contribution >= 0.6 is 12.6 Å². The lowest BCUT2D eigenvalue weighted by atomic mass is 10.0. The molecule has 0 rings (SSSR count). The van der Waals surface area contributed by atoms with Crippen LogP contribution in [0.4, 0.5) is 4.79 Å². The summed E-state index contributed by atoms with van der Waals surface area (Å²) in [4.78, 5) is 14.0. The summed E-state index contributed by atoms with van der Waals surface area (Å²) in [6.07, 6.45) is 53.4. The van der Waals surface area contributed by atoms with Crippen LogP contribution in [0.2, 0.25) is 0 Å². The molecular weight excluding hydrogens is 579 g/mol. The van der Waals surface area contributed by atoms with Gasteiger partial charge in [-0.25, -0.2) is 0 Å². The van der Waals surface area contributed by atoms with Gasteiger partial charge in [0.25, 0.3) is 5.24 Å². The minimum Gasteiger partial charge on any atom is -0.334 e. The molecule has 0 fully saturated rings. The molecule has 0 atom stereocenters. The van der Waals surface area contributed by atoms with E-state index < -0.39 is 0 Å². The molecule has 0 unspecified atom stereocenters. The zero-order valence-electron chi connectivity index (χ0n) is 32.1. The SMILES string of the molecule is CCCCCCCCCCCCCCCCCCCCCN(CCCCCCCCCCCCCCCCCCCCC)C(=O)S. The van der Waals surface area contributed by atoms with E-state index in [1.807, 2.05) is 4.90 Å². The first-order valence-corrected chi connectivity index (χ1v) is 22.1. The summed E-state index contributed by atoms with van der Waals surface area (Å²) in [5.74, 6) is 0. The van der Waals surface area contributed by atoms with Gasteiger partial charge in [0.15, 0.2) is 0 Å². The van der Waals surface area contributed by atoms with Gasteiger partial charge in [-0.05, 0) is 12.8 Å². The number of thiol groups is 1. The highest BCUT2D eigenvalue weighted by Gasteiger charge is 2.08. The Balaban J connectivity index is 3.34. The van der Waals surface area contributed by atoms with Crippen LogP contribution in [-0.4, -0.2) is 23.2 Å². The Morgan fingerprint density at radius 1 is 0.304 bits per heavy atom. The molecule has 0 aromatic carbocycles. The minimum absolute atomic E-state index is 0.0233. The lowest BCUT2D eigenvalue weighted by Crippen LogP contribution is -2.28. The molecule has 0 radical (unpaired) electrons. The van der Waals surface area contributed by atoms with Crippen LogP contribution < -0.4 is 0 Å². The maximum atomic E-state index is 12.0. The summed E-state index contributed by atoms with van der Waals surface area (Å²) in [5, 5.41) is -0.0233. The Kier molecular flexibility index (Phi) is 40.8. The fourth-order valence-electron chi connectivity index (χ4n) is 7.07. The lowest BCUT2D eigenvalue weighted by molar-refractivity contribution is 0.220. The van der Waals surface area contributed by atoms with E-state index in [1.165, 1.54) is 231 Å². The van der Waals surface area contributed by atoms with Gasteiger partial charge in [0.1, 0.15) is 0 Å². The topological polar surface area (TPSA) is 20.3 Å². The van der Waals surface area contributed by atoms with Crippen molar-refractivity contribution in [2.45, 2.75) is 258 Å². The summed E-state index contributed by atoms with van der Waals surface area (Å²) in [5.41, 5.74) is 0. The predicted molar refractivity (Wildman–Crippen MR) is 213 cm³/mol. The summed E-state index contributed by atoms with van der Waals surface area (Å²) in [6.45, 7) is 6.41. The first-order valence-electron chi connectivity index (χ1n) is 21.7. The highest BCUT2D eigenvalue weighted by atomic mass is 32.1. The first-order chi connectivity index (χ1) is 22.7. The minimum atomic E-state index is -0.0233. The van der Waals surface area contributed by atoms with Crippen LogP contribution in [0, 0.1) is 0 Å². The van der Waals surface area contributed by atoms with E-state index in [-0.39, 0.29) is 5.24 Å². The first kappa shape index (κ1) is 45.8. The smallest absolute Gasteiger partial charge is 0.278 e. The third-order valence-electron chi connectivity index (χ3n) is 10.3. The quantitative estimate of drug-likeness (QED) is 0.0510. The average molecular weight is 666 g/mol. The number of hydrogen-bond donors (Lipinski definition) is 1. The van der Waals surface area contributed by atoms with Crippen LogP contribution in [0.3, 0.4) is 0 Å². The van der Waals surface area contributed by atoms with Crippen LogP contribution in [-0.2, 0) is 0 Å². The van der Waals surface area contributed by atoms with Crippen LogP contribution in [0.15, 0.2) is 0 Å². The Morgan fingerprint density at radius 2 is 0.457 bits per heavy atom. The normalized spacial score (nSPS) is 11.5. The third-order valence-corrected chi connectivity index (χ3v) is 10.6. The van der Waals surface area contributed by atoms with E-state index in [1.54, 1.807) is 0 Å². The van der Waals surface area contributed by atoms with Crippen molar-refractivity contribution in [3.63, 3.8) is 0 Å². The summed E-state index contributed by atoms with van der Waals surface area (Å²) in [6, 6.07) is 0. The highest BCUT2D eigenvalue weighted by molar-refractivity contribution is 7.96. The number of carbonyl (C=O) groups excluding carboxylic acids is 1. The van der Waals surface area contributed by atoms with Gasteiger partial charge in [-0.1, -0.05) is 258 Å². The molecule has 3 heteroatoms. The van der Waals surface area contributed by atoms with Gasteiger partial charge in [0.05, 0.1) is 0 Å². The van der Waals surface area contributed by atoms with Gasteiger partial charge in [0, 0.05) is 13.1 Å². The zero-order valence-corrected chi connectivity index (χ0v) is 33.0. The molecule has 0 aliphatic carbocycles. The second-order valence-electron chi connectivity index (χ2n) is 15.0. The summed E-state index contributed by atoms with van der Waals surface area (Å²) < 4.78 is 0. The van der Waals surface area contributed by atoms with Crippen molar-refractivity contribution in [1.29, 1.82) is 0 Å². The van der Waals surface area contributed by atoms with Crippen molar-refractivity contribution in [2.75, 3.05) is 13.1 Å². The molecule has 2 nitrogen and oxygen atoms in total. The number of carbonyl (C=O) groups is 1. The fourth-order valence-corrected chi connectivity index (χ4v) is 7.27. The van der Waals surface area contributed by atoms with E-state index in [4.69, 9.17) is 0 Å². The Morgan fingerprint density at radius 3 is 0.609 bits per heavy atom. The summed E-state index contributed by atoms with van der Waals surface area (Å²) >= 11 is 4.16. The Bertz CT molecular complexity index is 525. The van der Waals surface area contributed by atoms with Gasteiger partial charge in [-0.2, -0.15) is 0 Å². The van der Waals surface area contributed by atoms with Gasteiger partial charge >= 0.3 is 0 Å². The molecular formula is C43H87NOS. The van der Waals surface area contributed by atoms with Crippen molar-refractivity contribution in [2.24, 2.45) is 0 Å². The molecule has 46 heavy (non-hydrogen) atoms. The van der Waals surface area contributed by atoms with E-state index in [2.05, 4.69) is 26.5 Å². The number of hydrogen-bond acceptors (Lipinski definition) is 1. The third kappa shape index (κ3) is 38.3. The molecule has 0 saturated carbocycles. The number of amides is 1. The van der Waals surface area contributed by atoms with E-state index in [9.17, 15) is 4.79 Å². The monoisotopic (exact) mass is 666 g/mol. The van der Waals surface area contributed by atoms with Crippen molar-refractivity contribution in [3.05, 3.63) is 0 Å². The number of nitrogens with zero attached hydrogens (tertiary/aromatic N) is 1. The molecule has 0 aromatic heterocycles. The van der Waals surface area contributed by atoms with E-state index in [0.717, 1.165) is 25.9 Å². The van der Waals surface area contributed by atoms with Crippen molar-refractivity contribution in [1.82, 2.24) is 4.90 Å². The van der Waals surface area contributed by atoms with Crippen molar-refractivity contribution in [3.8, 4) is 0 Å². The largest absolute Gasteiger partial charge is 0.334 e. The molecule has 0 N–H and O–H groups in total. The molecule has 0 spiro atoms. The molecule has 0 bridgehead atoms. The number of unbranched alkanes of at least 4 members (excludes halogenated alkanes) is 36. The molecule has 0 saturated heterocycles. The van der Waals surface area contributed by atoms with Crippen molar-refractivity contribution >= 4 is 17.9 Å². The van der Waals surface area contributed by atoms with Crippen molar-refractivity contribution < 1.29 is 4.79 Å². The fraction of sp³-hybridized carbons (Fsp3) is 0.977. The molecule has 276 valence electrons. The predicted octanol–water partition coefficient (Wildman–Crippen LogP) is 16.2. The van der Waals surface area contributed by atoms with Gasteiger partial charge < -0.3 is 4.90 Å². The molecule has 0 heterocycles. The Hall–Kier alpha value is -0.180. The highest BCUT2D eigenvalue weighted by Crippen LogP contribution is 2.17. The van der Waals surface area contributed by atoms with Gasteiger partial charge in [-0.15, -0.1) is 0 Å². The van der Waals surface area contributed by atoms with Crippen LogP contribution in [0.5, 0.6) is 0 Å². The van der Waals surface area contributed by atoms with Gasteiger partial charge in [-0.3, -0.25) is 4.79 Å². The second kappa shape index (κ2) is 41.0. The standard InChI is InChI=1S/C43H87NOS/c1-3-5-7-9-11-13-15-17-19-21-23-25-27-29-31-33-35-37-39-41-44(43(45)46)42-40-38-36-34-32-30-28-26-24-22-20-18-16-14-12-10-8-6-4-2/h3-42H2,1-2H3,(H,45,46). The average Bonchev–Trinajstić information content (AvgIpc) is 3.05. The molecule has 0 aliphatic rings. The molecule has 1 amide bonds. The van der Waals surface area contributed by atoms with E-state index in [0.29, 0.717) is 0 Å².